The van der Waals surface area contributed by atoms with Gasteiger partial charge in [0.25, 0.3) is 6.43 Å². The minimum Gasteiger partial charge on any atom is -0.495 e. The first-order valence-corrected chi connectivity index (χ1v) is 4.77. The van der Waals surface area contributed by atoms with E-state index in [-0.39, 0.29) is 17.9 Å². The molecule has 0 N–H and O–H groups in total. The topological polar surface area (TPSA) is 55.1 Å². The number of methoxy groups -OCH3 is 1. The Morgan fingerprint density at radius 2 is 2.00 bits per heavy atom. The Morgan fingerprint density at radius 3 is 2.42 bits per heavy atom. The molecule has 0 saturated heterocycles. The summed E-state index contributed by atoms with van der Waals surface area (Å²) in [6.45, 7) is 0. The Bertz CT molecular complexity index is 496. The van der Waals surface area contributed by atoms with E-state index in [1.807, 2.05) is 0 Å². The second kappa shape index (κ2) is 5.69. The van der Waals surface area contributed by atoms with Gasteiger partial charge in [-0.1, -0.05) is 0 Å². The van der Waals surface area contributed by atoms with Crippen molar-refractivity contribution in [3.8, 4) is 17.6 Å². The Labute approximate surface area is 104 Å². The molecular formula is C10H7F5N2O2. The van der Waals surface area contributed by atoms with E-state index in [2.05, 4.69) is 14.5 Å². The minimum atomic E-state index is -5.13. The monoisotopic (exact) mass is 282 g/mol. The summed E-state index contributed by atoms with van der Waals surface area (Å²) < 4.78 is 69.6. The zero-order chi connectivity index (χ0) is 14.6. The number of nitrogens with zero attached hydrogens (tertiary/aromatic N) is 2. The van der Waals surface area contributed by atoms with Crippen LogP contribution in [0, 0.1) is 11.3 Å². The molecule has 0 bridgehead atoms. The maximum Gasteiger partial charge on any atom is 0.573 e. The van der Waals surface area contributed by atoms with Crippen molar-refractivity contribution < 1.29 is 31.4 Å². The molecule has 0 saturated carbocycles. The highest BCUT2D eigenvalue weighted by atomic mass is 19.4. The molecule has 0 aromatic carbocycles. The van der Waals surface area contributed by atoms with Crippen LogP contribution in [0.4, 0.5) is 22.0 Å². The number of alkyl halides is 5. The molecule has 9 heteroatoms. The van der Waals surface area contributed by atoms with Crippen LogP contribution in [0.25, 0.3) is 0 Å². The van der Waals surface area contributed by atoms with Gasteiger partial charge in [-0.25, -0.2) is 13.8 Å². The zero-order valence-electron chi connectivity index (χ0n) is 9.46. The lowest BCUT2D eigenvalue weighted by Gasteiger charge is -2.15. The van der Waals surface area contributed by atoms with Crippen molar-refractivity contribution in [2.75, 3.05) is 7.11 Å². The van der Waals surface area contributed by atoms with Crippen LogP contribution >= 0.6 is 0 Å². The molecular weight excluding hydrogens is 275 g/mol. The molecule has 1 aromatic rings. The van der Waals surface area contributed by atoms with E-state index in [0.717, 1.165) is 7.11 Å². The Balaban J connectivity index is 3.32. The van der Waals surface area contributed by atoms with E-state index in [4.69, 9.17) is 5.26 Å². The van der Waals surface area contributed by atoms with E-state index < -0.39 is 24.2 Å². The number of rotatable bonds is 4. The molecule has 0 radical (unpaired) electrons. The smallest absolute Gasteiger partial charge is 0.495 e. The van der Waals surface area contributed by atoms with Gasteiger partial charge < -0.3 is 9.47 Å². The molecule has 4 nitrogen and oxygen atoms in total. The summed E-state index contributed by atoms with van der Waals surface area (Å²) in [4.78, 5) is 3.29. The van der Waals surface area contributed by atoms with E-state index in [9.17, 15) is 22.0 Å². The molecule has 0 atom stereocenters. The number of hydrogen-bond acceptors (Lipinski definition) is 4. The van der Waals surface area contributed by atoms with Gasteiger partial charge in [0.15, 0.2) is 5.75 Å². The second-order valence-corrected chi connectivity index (χ2v) is 3.20. The van der Waals surface area contributed by atoms with Gasteiger partial charge in [-0.2, -0.15) is 5.26 Å². The van der Waals surface area contributed by atoms with Crippen LogP contribution in [0.5, 0.6) is 11.5 Å². The van der Waals surface area contributed by atoms with Gasteiger partial charge >= 0.3 is 6.36 Å². The molecule has 0 aliphatic heterocycles. The van der Waals surface area contributed by atoms with Crippen molar-refractivity contribution in [3.05, 3.63) is 17.5 Å². The van der Waals surface area contributed by atoms with Gasteiger partial charge in [0.05, 0.1) is 25.3 Å². The summed E-state index contributed by atoms with van der Waals surface area (Å²) in [5.74, 6) is -1.38. The summed E-state index contributed by atoms with van der Waals surface area (Å²) in [6.07, 6.45) is -8.79. The predicted octanol–water partition coefficient (Wildman–Crippen LogP) is 2.99. The molecule has 1 rings (SSSR count). The fourth-order valence-corrected chi connectivity index (χ4v) is 1.27. The Morgan fingerprint density at radius 1 is 1.37 bits per heavy atom. The number of nitriles is 1. The van der Waals surface area contributed by atoms with Gasteiger partial charge in [0.2, 0.25) is 0 Å². The van der Waals surface area contributed by atoms with Crippen molar-refractivity contribution in [2.45, 2.75) is 19.2 Å². The fraction of sp³-hybridized carbons (Fsp3) is 0.400. The summed E-state index contributed by atoms with van der Waals surface area (Å²) >= 11 is 0. The van der Waals surface area contributed by atoms with Gasteiger partial charge in [-0.05, 0) is 0 Å². The van der Waals surface area contributed by atoms with E-state index >= 15 is 0 Å². The number of hydrogen-bond donors (Lipinski definition) is 0. The zero-order valence-corrected chi connectivity index (χ0v) is 9.46. The first-order valence-electron chi connectivity index (χ1n) is 4.77. The highest BCUT2D eigenvalue weighted by Gasteiger charge is 2.34. The second-order valence-electron chi connectivity index (χ2n) is 3.20. The van der Waals surface area contributed by atoms with Crippen LogP contribution in [-0.4, -0.2) is 18.5 Å². The van der Waals surface area contributed by atoms with Crippen molar-refractivity contribution in [1.29, 1.82) is 5.26 Å². The Kier molecular flexibility index (Phi) is 4.47. The average Bonchev–Trinajstić information content (AvgIpc) is 2.28. The van der Waals surface area contributed by atoms with Gasteiger partial charge in [0.1, 0.15) is 11.4 Å². The van der Waals surface area contributed by atoms with Crippen LogP contribution in [0.3, 0.4) is 0 Å². The molecule has 19 heavy (non-hydrogen) atoms. The van der Waals surface area contributed by atoms with Gasteiger partial charge in [-0.15, -0.1) is 13.2 Å². The van der Waals surface area contributed by atoms with Crippen LogP contribution in [-0.2, 0) is 6.42 Å². The van der Waals surface area contributed by atoms with Crippen molar-refractivity contribution in [3.63, 3.8) is 0 Å². The molecule has 0 aliphatic rings. The number of ether oxygens (including phenoxy) is 2. The number of pyridine rings is 1. The van der Waals surface area contributed by atoms with Gasteiger partial charge in [-0.3, -0.25) is 0 Å². The Hall–Kier alpha value is -2.11. The van der Waals surface area contributed by atoms with Crippen molar-refractivity contribution >= 4 is 0 Å². The molecule has 1 aromatic heterocycles. The summed E-state index contributed by atoms with van der Waals surface area (Å²) in [5, 5.41) is 8.48. The molecule has 0 fully saturated rings. The van der Waals surface area contributed by atoms with Crippen LogP contribution in [0.2, 0.25) is 0 Å². The third kappa shape index (κ3) is 3.94. The maximum atomic E-state index is 12.6. The summed E-state index contributed by atoms with van der Waals surface area (Å²) in [6, 6.07) is 2.28. The van der Waals surface area contributed by atoms with Crippen LogP contribution in [0.15, 0.2) is 6.07 Å². The fourth-order valence-electron chi connectivity index (χ4n) is 1.27. The largest absolute Gasteiger partial charge is 0.573 e. The normalized spacial score (nSPS) is 11.3. The molecule has 0 unspecified atom stereocenters. The molecule has 104 valence electrons. The molecule has 0 amide bonds. The van der Waals surface area contributed by atoms with E-state index in [0.29, 0.717) is 6.07 Å². The highest BCUT2D eigenvalue weighted by molar-refractivity contribution is 5.41. The van der Waals surface area contributed by atoms with Crippen molar-refractivity contribution in [1.82, 2.24) is 4.98 Å². The SMILES string of the molecule is COc1cc(OC(F)(F)F)c(C(F)F)nc1CC#N. The lowest BCUT2D eigenvalue weighted by Crippen LogP contribution is -2.19. The molecule has 1 heterocycles. The quantitative estimate of drug-likeness (QED) is 0.797. The first kappa shape index (κ1) is 14.9. The van der Waals surface area contributed by atoms with Crippen molar-refractivity contribution in [2.24, 2.45) is 0 Å². The molecule has 0 aliphatic carbocycles. The molecule has 0 spiro atoms. The van der Waals surface area contributed by atoms with Crippen LogP contribution < -0.4 is 9.47 Å². The predicted molar refractivity (Wildman–Crippen MR) is 51.7 cm³/mol. The summed E-state index contributed by atoms with van der Waals surface area (Å²) in [7, 11) is 1.11. The number of aromatic nitrogens is 1. The third-order valence-electron chi connectivity index (χ3n) is 1.95. The van der Waals surface area contributed by atoms with Gasteiger partial charge in [0, 0.05) is 6.07 Å². The standard InChI is InChI=1S/C10H7F5N2O2/c1-18-6-4-7(19-10(13,14)15)8(9(11)12)17-5(6)2-3-16/h4,9H,2H2,1H3. The minimum absolute atomic E-state index is 0.185. The highest BCUT2D eigenvalue weighted by Crippen LogP contribution is 2.35. The van der Waals surface area contributed by atoms with E-state index in [1.54, 1.807) is 6.07 Å². The average molecular weight is 282 g/mol. The van der Waals surface area contributed by atoms with Crippen LogP contribution in [0.1, 0.15) is 17.8 Å². The number of halogens is 5. The third-order valence-corrected chi connectivity index (χ3v) is 1.95. The maximum absolute atomic E-state index is 12.6. The lowest BCUT2D eigenvalue weighted by atomic mass is 10.2. The first-order chi connectivity index (χ1) is 8.78. The summed E-state index contributed by atoms with van der Waals surface area (Å²) in [5.41, 5.74) is -1.38. The lowest BCUT2D eigenvalue weighted by molar-refractivity contribution is -0.275. The van der Waals surface area contributed by atoms with E-state index in [1.165, 1.54) is 0 Å².